The first-order chi connectivity index (χ1) is 14.6. The highest BCUT2D eigenvalue weighted by Crippen LogP contribution is 2.52. The van der Waals surface area contributed by atoms with Crippen molar-refractivity contribution in [3.8, 4) is 0 Å². The number of unbranched alkanes of at least 4 members (excludes halogenated alkanes) is 10. The molecule has 0 aromatic heterocycles. The van der Waals surface area contributed by atoms with Gasteiger partial charge < -0.3 is 0 Å². The molecule has 0 heterocycles. The summed E-state index contributed by atoms with van der Waals surface area (Å²) in [6.07, 6.45) is 8.53. The van der Waals surface area contributed by atoms with Crippen LogP contribution in [0, 0.1) is 0 Å². The van der Waals surface area contributed by atoms with Crippen LogP contribution in [0.3, 0.4) is 0 Å². The van der Waals surface area contributed by atoms with Crippen LogP contribution < -0.4 is 0 Å². The molecule has 1 unspecified atom stereocenters. The molecule has 0 aliphatic carbocycles. The largest absolute Gasteiger partial charge is 0.512 e. The number of hydrogen-bond acceptors (Lipinski definition) is 4. The van der Waals surface area contributed by atoms with E-state index in [-0.39, 0.29) is 25.2 Å². The van der Waals surface area contributed by atoms with Crippen LogP contribution in [-0.4, -0.2) is 43.7 Å². The monoisotopic (exact) mass is 537 g/mol. The van der Waals surface area contributed by atoms with Crippen molar-refractivity contribution < 1.29 is 43.2 Å². The zero-order valence-corrected chi connectivity index (χ0v) is 21.0. The minimum Gasteiger partial charge on any atom is -0.201 e. The Bertz CT molecular complexity index is 683. The van der Waals surface area contributed by atoms with Crippen LogP contribution in [0.25, 0.3) is 0 Å². The average Bonchev–Trinajstić information content (AvgIpc) is 2.65. The first-order valence-electron chi connectivity index (χ1n) is 10.8. The van der Waals surface area contributed by atoms with E-state index in [1.165, 1.54) is 6.42 Å². The van der Waals surface area contributed by atoms with Crippen LogP contribution >= 0.6 is 8.07 Å². The van der Waals surface area contributed by atoms with Crippen LogP contribution in [0.1, 0.15) is 90.9 Å². The highest BCUT2D eigenvalue weighted by atomic mass is 32.3. The molecule has 32 heavy (non-hydrogen) atoms. The average molecular weight is 538 g/mol. The smallest absolute Gasteiger partial charge is 0.201 e. The fourth-order valence-corrected chi connectivity index (χ4v) is 10.7. The lowest BCUT2D eigenvalue weighted by atomic mass is 10.1. The second kappa shape index (κ2) is 14.3. The summed E-state index contributed by atoms with van der Waals surface area (Å²) in [5.74, 6) is 0. The highest BCUT2D eigenvalue weighted by Gasteiger charge is 2.63. The third kappa shape index (κ3) is 10.0. The number of rotatable bonds is 17. The number of halogens is 6. The Morgan fingerprint density at radius 1 is 0.562 bits per heavy atom. The fourth-order valence-electron chi connectivity index (χ4n) is 3.01. The zero-order chi connectivity index (χ0) is 25.1. The first kappa shape index (κ1) is 31.9. The van der Waals surface area contributed by atoms with Crippen LogP contribution in [0.5, 0.6) is 0 Å². The SMILES string of the molecule is CCCCCCCCCCCCP(CCCC)N(S(=O)(=O)C(F)(F)F)S(=O)(=O)C(F)(F)F. The molecule has 0 aromatic rings. The lowest BCUT2D eigenvalue weighted by Crippen LogP contribution is -2.47. The van der Waals surface area contributed by atoms with Gasteiger partial charge in [-0.1, -0.05) is 81.5 Å². The number of sulfonamides is 2. The maximum Gasteiger partial charge on any atom is 0.512 e. The molecule has 0 fully saturated rings. The Morgan fingerprint density at radius 3 is 1.22 bits per heavy atom. The van der Waals surface area contributed by atoms with Crippen molar-refractivity contribution in [2.45, 2.75) is 102 Å². The van der Waals surface area contributed by atoms with Crippen LogP contribution in [0.2, 0.25) is 0 Å². The lowest BCUT2D eigenvalue weighted by molar-refractivity contribution is -0.0505. The number of alkyl halides is 6. The Kier molecular flexibility index (Phi) is 14.3. The highest BCUT2D eigenvalue weighted by molar-refractivity contribution is 8.11. The quantitative estimate of drug-likeness (QED) is 0.113. The molecule has 194 valence electrons. The standard InChI is InChI=1S/C18H34F6NO4PS2/c1-3-5-7-8-9-10-11-12-13-14-16-30(15-6-4-2)25(31(26,27)17(19,20)21)32(28,29)18(22,23)24/h3-16H2,1-2H3. The fraction of sp³-hybridized carbons (Fsp3) is 1.00. The summed E-state index contributed by atoms with van der Waals surface area (Å²) < 4.78 is 125. The van der Waals surface area contributed by atoms with Gasteiger partial charge in [0.25, 0.3) is 0 Å². The van der Waals surface area contributed by atoms with Gasteiger partial charge in [0.05, 0.1) is 0 Å². The van der Waals surface area contributed by atoms with E-state index in [2.05, 4.69) is 6.92 Å². The maximum absolute atomic E-state index is 13.1. The molecule has 1 atom stereocenters. The Hall–Kier alpha value is -0.130. The second-order valence-corrected chi connectivity index (χ2v) is 14.2. The molecule has 0 aliphatic heterocycles. The predicted molar refractivity (Wildman–Crippen MR) is 115 cm³/mol. The van der Waals surface area contributed by atoms with Gasteiger partial charge in [0.2, 0.25) is 0 Å². The summed E-state index contributed by atoms with van der Waals surface area (Å²) >= 11 is 0. The molecule has 0 amide bonds. The van der Waals surface area contributed by atoms with Crippen molar-refractivity contribution >= 4 is 28.1 Å². The van der Waals surface area contributed by atoms with Gasteiger partial charge in [0, 0.05) is 8.07 Å². The summed E-state index contributed by atoms with van der Waals surface area (Å²) in [5, 5.41) is 0. The van der Waals surface area contributed by atoms with Gasteiger partial charge in [-0.15, -0.1) is 0 Å². The molecule has 0 radical (unpaired) electrons. The molecule has 5 nitrogen and oxygen atoms in total. The van der Waals surface area contributed by atoms with Crippen molar-refractivity contribution in [1.29, 1.82) is 0 Å². The Morgan fingerprint density at radius 2 is 0.875 bits per heavy atom. The second-order valence-electron chi connectivity index (χ2n) is 7.57. The maximum atomic E-state index is 13.1. The first-order valence-corrected chi connectivity index (χ1v) is 15.4. The molecule has 0 aliphatic rings. The van der Waals surface area contributed by atoms with Crippen molar-refractivity contribution in [2.24, 2.45) is 0 Å². The van der Waals surface area contributed by atoms with Gasteiger partial charge >= 0.3 is 31.1 Å². The molecule has 0 aromatic carbocycles. The van der Waals surface area contributed by atoms with E-state index < -0.39 is 42.6 Å². The molecule has 14 heteroatoms. The molecule has 0 saturated carbocycles. The van der Waals surface area contributed by atoms with Gasteiger partial charge in [-0.3, -0.25) is 0 Å². The molecule has 0 N–H and O–H groups in total. The van der Waals surface area contributed by atoms with Gasteiger partial charge in [0.15, 0.2) is 0 Å². The zero-order valence-electron chi connectivity index (χ0n) is 18.5. The predicted octanol–water partition coefficient (Wildman–Crippen LogP) is 7.11. The van der Waals surface area contributed by atoms with Crippen LogP contribution in [0.15, 0.2) is 0 Å². The minimum absolute atomic E-state index is 0.112. The molecule has 0 bridgehead atoms. The molecule has 0 spiro atoms. The van der Waals surface area contributed by atoms with Gasteiger partial charge in [-0.05, 0) is 25.2 Å². The van der Waals surface area contributed by atoms with Crippen molar-refractivity contribution in [2.75, 3.05) is 12.3 Å². The number of nitrogens with zero attached hydrogens (tertiary/aromatic N) is 1. The van der Waals surface area contributed by atoms with E-state index in [0.29, 0.717) is 19.3 Å². The molecular weight excluding hydrogens is 503 g/mol. The summed E-state index contributed by atoms with van der Waals surface area (Å²) in [7, 11) is -16.2. The van der Waals surface area contributed by atoms with E-state index >= 15 is 0 Å². The Balaban J connectivity index is 5.30. The lowest BCUT2D eigenvalue weighted by Gasteiger charge is -2.31. The van der Waals surface area contributed by atoms with E-state index in [4.69, 9.17) is 0 Å². The van der Waals surface area contributed by atoms with E-state index in [1.807, 2.05) is 0 Å². The van der Waals surface area contributed by atoms with Gasteiger partial charge in [0.1, 0.15) is 0 Å². The summed E-state index contributed by atoms with van der Waals surface area (Å²) in [5.41, 5.74) is -12.3. The minimum atomic E-state index is -6.72. The van der Waals surface area contributed by atoms with E-state index in [1.54, 1.807) is 6.92 Å². The van der Waals surface area contributed by atoms with E-state index in [9.17, 15) is 43.2 Å². The number of hydrogen-bond donors (Lipinski definition) is 0. The topological polar surface area (TPSA) is 71.5 Å². The summed E-state index contributed by atoms with van der Waals surface area (Å²) in [4.78, 5) is 0. The van der Waals surface area contributed by atoms with Crippen molar-refractivity contribution in [3.05, 3.63) is 0 Å². The normalized spacial score (nSPS) is 14.8. The van der Waals surface area contributed by atoms with Crippen molar-refractivity contribution in [1.82, 2.24) is 3.48 Å². The molecular formula is C18H34F6NO4PS2. The molecule has 0 saturated heterocycles. The third-order valence-electron chi connectivity index (χ3n) is 4.77. The van der Waals surface area contributed by atoms with Crippen molar-refractivity contribution in [3.63, 3.8) is 0 Å². The van der Waals surface area contributed by atoms with Crippen LogP contribution in [0.4, 0.5) is 26.3 Å². The molecule has 0 rings (SSSR count). The van der Waals surface area contributed by atoms with Gasteiger partial charge in [-0.25, -0.2) is 16.8 Å². The summed E-state index contributed by atoms with van der Waals surface area (Å²) in [6.45, 7) is 3.73. The van der Waals surface area contributed by atoms with Gasteiger partial charge in [-0.2, -0.15) is 26.3 Å². The Labute approximate surface area is 189 Å². The summed E-state index contributed by atoms with van der Waals surface area (Å²) in [6, 6.07) is 0. The third-order valence-corrected chi connectivity index (χ3v) is 12.7. The van der Waals surface area contributed by atoms with E-state index in [0.717, 1.165) is 38.5 Å². The van der Waals surface area contributed by atoms with Crippen LogP contribution in [-0.2, 0) is 20.0 Å².